The van der Waals surface area contributed by atoms with Crippen LogP contribution in [0.3, 0.4) is 0 Å². The summed E-state index contributed by atoms with van der Waals surface area (Å²) in [6.07, 6.45) is -0.817. The lowest BCUT2D eigenvalue weighted by Gasteiger charge is -2.20. The molecule has 3 aromatic rings. The van der Waals surface area contributed by atoms with Gasteiger partial charge in [0.1, 0.15) is 5.75 Å². The molecule has 0 aliphatic rings. The quantitative estimate of drug-likeness (QED) is 0.551. The number of ether oxygens (including phenoxy) is 1. The normalized spacial score (nSPS) is 11.8. The first kappa shape index (κ1) is 23.1. The monoisotopic (exact) mass is 469 g/mol. The minimum absolute atomic E-state index is 0.121. The van der Waals surface area contributed by atoms with Gasteiger partial charge in [0, 0.05) is 17.8 Å². The number of rotatable bonds is 7. The number of sulfonamides is 1. The molecular weight excluding hydrogens is 450 g/mol. The standard InChI is InChI=1S/C23H20ClN3O4S/c1-16(23(28)26-19-5-3-4-17(14-19)15-25)31-21-10-8-20(9-11-21)27(2)32(29,30)22-12-6-18(24)7-13-22/h3-14,16H,1-2H3,(H,26,28). The molecule has 0 aliphatic heterocycles. The van der Waals surface area contributed by atoms with Crippen LogP contribution >= 0.6 is 11.6 Å². The molecule has 7 nitrogen and oxygen atoms in total. The zero-order valence-electron chi connectivity index (χ0n) is 17.3. The Bertz CT molecular complexity index is 1250. The molecule has 0 spiro atoms. The Hall–Kier alpha value is -3.54. The molecule has 0 aliphatic carbocycles. The number of benzene rings is 3. The van der Waals surface area contributed by atoms with Crippen molar-refractivity contribution in [3.63, 3.8) is 0 Å². The highest BCUT2D eigenvalue weighted by atomic mass is 35.5. The Morgan fingerprint density at radius 2 is 1.75 bits per heavy atom. The van der Waals surface area contributed by atoms with Crippen LogP contribution in [0, 0.1) is 11.3 Å². The lowest BCUT2D eigenvalue weighted by molar-refractivity contribution is -0.122. The second-order valence-corrected chi connectivity index (χ2v) is 9.27. The fourth-order valence-electron chi connectivity index (χ4n) is 2.81. The van der Waals surface area contributed by atoms with Gasteiger partial charge < -0.3 is 10.1 Å². The van der Waals surface area contributed by atoms with E-state index in [1.807, 2.05) is 6.07 Å². The summed E-state index contributed by atoms with van der Waals surface area (Å²) in [6.45, 7) is 1.59. The number of amides is 1. The highest BCUT2D eigenvalue weighted by molar-refractivity contribution is 7.92. The fourth-order valence-corrected chi connectivity index (χ4v) is 4.13. The van der Waals surface area contributed by atoms with Crippen molar-refractivity contribution in [2.45, 2.75) is 17.9 Å². The predicted molar refractivity (Wildman–Crippen MR) is 123 cm³/mol. The third-order valence-electron chi connectivity index (χ3n) is 4.61. The maximum absolute atomic E-state index is 12.8. The van der Waals surface area contributed by atoms with E-state index in [2.05, 4.69) is 5.32 Å². The van der Waals surface area contributed by atoms with E-state index >= 15 is 0 Å². The van der Waals surface area contributed by atoms with E-state index in [1.165, 1.54) is 31.3 Å². The summed E-state index contributed by atoms with van der Waals surface area (Å²) in [7, 11) is -2.30. The van der Waals surface area contributed by atoms with Crippen molar-refractivity contribution >= 4 is 38.9 Å². The van der Waals surface area contributed by atoms with Crippen LogP contribution in [0.1, 0.15) is 12.5 Å². The van der Waals surface area contributed by atoms with Gasteiger partial charge in [-0.2, -0.15) is 5.26 Å². The molecule has 1 unspecified atom stereocenters. The Labute approximate surface area is 191 Å². The van der Waals surface area contributed by atoms with E-state index in [9.17, 15) is 13.2 Å². The van der Waals surface area contributed by atoms with E-state index in [4.69, 9.17) is 21.6 Å². The molecular formula is C23H20ClN3O4S. The Morgan fingerprint density at radius 1 is 1.09 bits per heavy atom. The third-order valence-corrected chi connectivity index (χ3v) is 6.67. The summed E-state index contributed by atoms with van der Waals surface area (Å²) >= 11 is 5.83. The van der Waals surface area contributed by atoms with Gasteiger partial charge in [0.2, 0.25) is 0 Å². The number of nitrogens with zero attached hydrogens (tertiary/aromatic N) is 2. The lowest BCUT2D eigenvalue weighted by Crippen LogP contribution is -2.30. The van der Waals surface area contributed by atoms with Crippen LogP contribution in [0.5, 0.6) is 5.75 Å². The largest absolute Gasteiger partial charge is 0.481 e. The lowest BCUT2D eigenvalue weighted by atomic mass is 10.2. The zero-order valence-corrected chi connectivity index (χ0v) is 18.9. The van der Waals surface area contributed by atoms with Crippen molar-refractivity contribution in [2.24, 2.45) is 0 Å². The first-order valence-corrected chi connectivity index (χ1v) is 11.3. The van der Waals surface area contributed by atoms with Crippen molar-refractivity contribution in [1.82, 2.24) is 0 Å². The van der Waals surface area contributed by atoms with Crippen LogP contribution in [0.15, 0.2) is 77.7 Å². The van der Waals surface area contributed by atoms with Crippen LogP contribution in [-0.4, -0.2) is 27.5 Å². The summed E-state index contributed by atoms with van der Waals surface area (Å²) < 4.78 is 32.4. The number of nitrogens with one attached hydrogen (secondary N) is 1. The van der Waals surface area contributed by atoms with Gasteiger partial charge >= 0.3 is 0 Å². The molecule has 0 saturated heterocycles. The topological polar surface area (TPSA) is 99.5 Å². The fraction of sp³-hybridized carbons (Fsp3) is 0.130. The highest BCUT2D eigenvalue weighted by Gasteiger charge is 2.21. The smallest absolute Gasteiger partial charge is 0.265 e. The van der Waals surface area contributed by atoms with Gasteiger partial charge in [-0.25, -0.2) is 8.42 Å². The molecule has 1 amide bonds. The molecule has 0 bridgehead atoms. The van der Waals surface area contributed by atoms with Gasteiger partial charge in [0.05, 0.1) is 22.2 Å². The zero-order chi connectivity index (χ0) is 23.3. The number of carbonyl (C=O) groups excluding carboxylic acids is 1. The molecule has 3 rings (SSSR count). The number of hydrogen-bond acceptors (Lipinski definition) is 5. The van der Waals surface area contributed by atoms with Crippen molar-refractivity contribution in [2.75, 3.05) is 16.7 Å². The number of halogens is 1. The van der Waals surface area contributed by atoms with Gasteiger partial charge in [-0.3, -0.25) is 9.10 Å². The second-order valence-electron chi connectivity index (χ2n) is 6.86. The Morgan fingerprint density at radius 3 is 2.38 bits per heavy atom. The molecule has 0 radical (unpaired) electrons. The summed E-state index contributed by atoms with van der Waals surface area (Å²) in [4.78, 5) is 12.5. The van der Waals surface area contributed by atoms with E-state index in [0.29, 0.717) is 27.7 Å². The van der Waals surface area contributed by atoms with Gasteiger partial charge in [-0.05, 0) is 73.7 Å². The number of anilines is 2. The molecule has 0 fully saturated rings. The van der Waals surface area contributed by atoms with Gasteiger partial charge in [-0.1, -0.05) is 17.7 Å². The van der Waals surface area contributed by atoms with Crippen LogP contribution < -0.4 is 14.4 Å². The first-order valence-electron chi connectivity index (χ1n) is 9.53. The van der Waals surface area contributed by atoms with Crippen molar-refractivity contribution in [3.8, 4) is 11.8 Å². The van der Waals surface area contributed by atoms with Crippen LogP contribution in [-0.2, 0) is 14.8 Å². The van der Waals surface area contributed by atoms with E-state index in [0.717, 1.165) is 4.31 Å². The van der Waals surface area contributed by atoms with Crippen molar-refractivity contribution < 1.29 is 17.9 Å². The van der Waals surface area contributed by atoms with Crippen LogP contribution in [0.25, 0.3) is 0 Å². The van der Waals surface area contributed by atoms with Gasteiger partial charge in [-0.15, -0.1) is 0 Å². The molecule has 0 saturated carbocycles. The number of hydrogen-bond donors (Lipinski definition) is 1. The van der Waals surface area contributed by atoms with Gasteiger partial charge in [0.15, 0.2) is 6.10 Å². The second kappa shape index (κ2) is 9.73. The number of carbonyl (C=O) groups is 1. The van der Waals surface area contributed by atoms with E-state index < -0.39 is 16.1 Å². The van der Waals surface area contributed by atoms with Gasteiger partial charge in [0.25, 0.3) is 15.9 Å². The molecule has 1 atom stereocenters. The molecule has 32 heavy (non-hydrogen) atoms. The molecule has 1 N–H and O–H groups in total. The first-order chi connectivity index (χ1) is 15.2. The maximum Gasteiger partial charge on any atom is 0.265 e. The predicted octanol–water partition coefficient (Wildman–Crippen LogP) is 4.44. The molecule has 164 valence electrons. The maximum atomic E-state index is 12.8. The molecule has 9 heteroatoms. The average molecular weight is 470 g/mol. The van der Waals surface area contributed by atoms with E-state index in [-0.39, 0.29) is 10.8 Å². The average Bonchev–Trinajstić information content (AvgIpc) is 2.79. The Balaban J connectivity index is 1.66. The highest BCUT2D eigenvalue weighted by Crippen LogP contribution is 2.25. The van der Waals surface area contributed by atoms with Crippen molar-refractivity contribution in [3.05, 3.63) is 83.4 Å². The van der Waals surface area contributed by atoms with E-state index in [1.54, 1.807) is 55.5 Å². The van der Waals surface area contributed by atoms with Crippen LogP contribution in [0.2, 0.25) is 5.02 Å². The Kier molecular flexibility index (Phi) is 7.03. The minimum atomic E-state index is -3.75. The molecule has 3 aromatic carbocycles. The third kappa shape index (κ3) is 5.38. The summed E-state index contributed by atoms with van der Waals surface area (Å²) in [5.74, 6) is 0.0195. The molecule has 0 aromatic heterocycles. The van der Waals surface area contributed by atoms with Crippen molar-refractivity contribution in [1.29, 1.82) is 5.26 Å². The minimum Gasteiger partial charge on any atom is -0.481 e. The number of nitriles is 1. The summed E-state index contributed by atoms with van der Waals surface area (Å²) in [5, 5.41) is 12.1. The summed E-state index contributed by atoms with van der Waals surface area (Å²) in [5.41, 5.74) is 1.36. The SMILES string of the molecule is CC(Oc1ccc(N(C)S(=O)(=O)c2ccc(Cl)cc2)cc1)C(=O)Nc1cccc(C#N)c1. The molecule has 0 heterocycles. The summed E-state index contributed by atoms with van der Waals surface area (Å²) in [6, 6.07) is 20.8. The van der Waals surface area contributed by atoms with Crippen LogP contribution in [0.4, 0.5) is 11.4 Å².